The van der Waals surface area contributed by atoms with Crippen LogP contribution >= 0.6 is 11.9 Å². The fraction of sp³-hybridized carbons (Fsp3) is 0.909. The van der Waals surface area contributed by atoms with Crippen molar-refractivity contribution in [2.24, 2.45) is 0 Å². The highest BCUT2D eigenvalue weighted by Crippen LogP contribution is 2.30. The van der Waals surface area contributed by atoms with Crippen molar-refractivity contribution >= 4 is 18.4 Å². The van der Waals surface area contributed by atoms with Crippen LogP contribution in [0.2, 0.25) is 0 Å². The molecule has 0 aromatic carbocycles. The number of carbonyl (C=O) groups is 1. The van der Waals surface area contributed by atoms with Gasteiger partial charge in [-0.3, -0.25) is 4.79 Å². The summed E-state index contributed by atoms with van der Waals surface area (Å²) in [6, 6.07) is 0. The molecule has 1 saturated heterocycles. The molecule has 0 aromatic rings. The predicted molar refractivity (Wildman–Crippen MR) is 63.7 cm³/mol. The molecule has 1 amide bonds. The second-order valence-electron chi connectivity index (χ2n) is 4.44. The lowest BCUT2D eigenvalue weighted by atomic mass is 10.0. The number of piperazine rings is 1. The Morgan fingerprint density at radius 3 is 2.27 bits per heavy atom. The van der Waals surface area contributed by atoms with Crippen molar-refractivity contribution in [1.82, 2.24) is 9.21 Å². The summed E-state index contributed by atoms with van der Waals surface area (Å²) in [5.74, 6) is 0. The summed E-state index contributed by atoms with van der Waals surface area (Å²) in [5, 5.41) is 0.849. The SMILES string of the molecule is O=CN1CCN(SC2CCCCC2)CC1. The Morgan fingerprint density at radius 2 is 1.67 bits per heavy atom. The molecule has 3 nitrogen and oxygen atoms in total. The topological polar surface area (TPSA) is 23.6 Å². The summed E-state index contributed by atoms with van der Waals surface area (Å²) in [6.07, 6.45) is 7.99. The van der Waals surface area contributed by atoms with Gasteiger partial charge in [0.1, 0.15) is 0 Å². The van der Waals surface area contributed by atoms with Crippen LogP contribution < -0.4 is 0 Å². The first kappa shape index (κ1) is 11.3. The molecule has 1 heterocycles. The maximum absolute atomic E-state index is 10.6. The highest BCUT2D eigenvalue weighted by Gasteiger charge is 2.21. The molecule has 2 rings (SSSR count). The Balaban J connectivity index is 1.69. The zero-order valence-corrected chi connectivity index (χ0v) is 10.0. The van der Waals surface area contributed by atoms with Crippen molar-refractivity contribution in [1.29, 1.82) is 0 Å². The molecule has 0 unspecified atom stereocenters. The van der Waals surface area contributed by atoms with Crippen molar-refractivity contribution in [3.8, 4) is 0 Å². The van der Waals surface area contributed by atoms with Crippen LogP contribution in [0.1, 0.15) is 32.1 Å². The maximum Gasteiger partial charge on any atom is 0.209 e. The summed E-state index contributed by atoms with van der Waals surface area (Å²) in [4.78, 5) is 12.4. The molecule has 15 heavy (non-hydrogen) atoms. The fourth-order valence-electron chi connectivity index (χ4n) is 2.30. The Kier molecular flexibility index (Phi) is 4.32. The van der Waals surface area contributed by atoms with Gasteiger partial charge in [-0.25, -0.2) is 4.31 Å². The fourth-order valence-corrected chi connectivity index (χ4v) is 3.64. The number of amides is 1. The third-order valence-corrected chi connectivity index (χ3v) is 4.71. The molecule has 0 radical (unpaired) electrons. The zero-order chi connectivity index (χ0) is 10.5. The minimum Gasteiger partial charge on any atom is -0.343 e. The molecule has 2 fully saturated rings. The molecular formula is C11H20N2OS. The third kappa shape index (κ3) is 3.38. The van der Waals surface area contributed by atoms with E-state index >= 15 is 0 Å². The van der Waals surface area contributed by atoms with Gasteiger partial charge in [0.15, 0.2) is 0 Å². The van der Waals surface area contributed by atoms with Crippen molar-refractivity contribution < 1.29 is 4.79 Å². The van der Waals surface area contributed by atoms with E-state index in [0.29, 0.717) is 0 Å². The van der Waals surface area contributed by atoms with Gasteiger partial charge in [-0.15, -0.1) is 0 Å². The largest absolute Gasteiger partial charge is 0.343 e. The van der Waals surface area contributed by atoms with E-state index in [2.05, 4.69) is 4.31 Å². The summed E-state index contributed by atoms with van der Waals surface area (Å²) in [7, 11) is 0. The van der Waals surface area contributed by atoms with E-state index in [1.807, 2.05) is 16.8 Å². The Labute approximate surface area is 96.3 Å². The summed E-state index contributed by atoms with van der Waals surface area (Å²) >= 11 is 2.04. The summed E-state index contributed by atoms with van der Waals surface area (Å²) < 4.78 is 2.45. The van der Waals surface area contributed by atoms with E-state index in [0.717, 1.165) is 37.8 Å². The Bertz CT molecular complexity index is 199. The van der Waals surface area contributed by atoms with Gasteiger partial charge in [0, 0.05) is 31.4 Å². The van der Waals surface area contributed by atoms with Gasteiger partial charge in [0.2, 0.25) is 6.41 Å². The van der Waals surface area contributed by atoms with Gasteiger partial charge in [-0.1, -0.05) is 31.2 Å². The van der Waals surface area contributed by atoms with E-state index < -0.39 is 0 Å². The number of hydrogen-bond donors (Lipinski definition) is 0. The Hall–Kier alpha value is -0.220. The first-order chi connectivity index (χ1) is 7.38. The van der Waals surface area contributed by atoms with Crippen LogP contribution in [-0.2, 0) is 4.79 Å². The van der Waals surface area contributed by atoms with Crippen LogP contribution in [0.3, 0.4) is 0 Å². The van der Waals surface area contributed by atoms with Gasteiger partial charge in [0.25, 0.3) is 0 Å². The highest BCUT2D eigenvalue weighted by atomic mass is 32.2. The monoisotopic (exact) mass is 228 g/mol. The lowest BCUT2D eigenvalue weighted by Crippen LogP contribution is -2.43. The highest BCUT2D eigenvalue weighted by molar-refractivity contribution is 7.97. The van der Waals surface area contributed by atoms with E-state index in [9.17, 15) is 4.79 Å². The summed E-state index contributed by atoms with van der Waals surface area (Å²) in [5.41, 5.74) is 0. The molecular weight excluding hydrogens is 208 g/mol. The van der Waals surface area contributed by atoms with Gasteiger partial charge >= 0.3 is 0 Å². The molecule has 1 aliphatic heterocycles. The van der Waals surface area contributed by atoms with Crippen molar-refractivity contribution in [3.63, 3.8) is 0 Å². The molecule has 2 aliphatic rings. The Morgan fingerprint density at radius 1 is 1.00 bits per heavy atom. The molecule has 1 aliphatic carbocycles. The maximum atomic E-state index is 10.6. The van der Waals surface area contributed by atoms with E-state index in [-0.39, 0.29) is 0 Å². The number of rotatable bonds is 3. The zero-order valence-electron chi connectivity index (χ0n) is 9.23. The van der Waals surface area contributed by atoms with Gasteiger partial charge in [-0.05, 0) is 12.8 Å². The lowest BCUT2D eigenvalue weighted by molar-refractivity contribution is -0.119. The van der Waals surface area contributed by atoms with Crippen molar-refractivity contribution in [2.45, 2.75) is 37.4 Å². The smallest absolute Gasteiger partial charge is 0.209 e. The first-order valence-corrected chi connectivity index (χ1v) is 6.83. The second kappa shape index (κ2) is 5.75. The average molecular weight is 228 g/mol. The predicted octanol–water partition coefficient (Wildman–Crippen LogP) is 1.74. The minimum atomic E-state index is 0.849. The first-order valence-electron chi connectivity index (χ1n) is 5.99. The quantitative estimate of drug-likeness (QED) is 0.543. The molecule has 4 heteroatoms. The van der Waals surface area contributed by atoms with E-state index in [1.54, 1.807) is 0 Å². The molecule has 0 atom stereocenters. The normalized spacial score (nSPS) is 25.5. The lowest BCUT2D eigenvalue weighted by Gasteiger charge is -2.34. The van der Waals surface area contributed by atoms with Crippen LogP contribution in [0.25, 0.3) is 0 Å². The van der Waals surface area contributed by atoms with Crippen LogP contribution in [0.4, 0.5) is 0 Å². The number of nitrogens with zero attached hydrogens (tertiary/aromatic N) is 2. The molecule has 0 N–H and O–H groups in total. The second-order valence-corrected chi connectivity index (χ2v) is 5.83. The van der Waals surface area contributed by atoms with Crippen LogP contribution in [-0.4, -0.2) is 47.0 Å². The number of hydrogen-bond acceptors (Lipinski definition) is 3. The van der Waals surface area contributed by atoms with Gasteiger partial charge in [-0.2, -0.15) is 0 Å². The van der Waals surface area contributed by atoms with E-state index in [1.165, 1.54) is 32.1 Å². The average Bonchev–Trinajstić information content (AvgIpc) is 2.31. The molecule has 0 aromatic heterocycles. The number of carbonyl (C=O) groups excluding carboxylic acids is 1. The standard InChI is InChI=1S/C11H20N2OS/c14-10-12-6-8-13(9-7-12)15-11-4-2-1-3-5-11/h10-11H,1-9H2. The van der Waals surface area contributed by atoms with Gasteiger partial charge in [0.05, 0.1) is 0 Å². The van der Waals surface area contributed by atoms with Crippen LogP contribution in [0.15, 0.2) is 0 Å². The van der Waals surface area contributed by atoms with Crippen LogP contribution in [0, 0.1) is 0 Å². The third-order valence-electron chi connectivity index (χ3n) is 3.27. The van der Waals surface area contributed by atoms with Crippen molar-refractivity contribution in [2.75, 3.05) is 26.2 Å². The summed E-state index contributed by atoms with van der Waals surface area (Å²) in [6.45, 7) is 3.90. The van der Waals surface area contributed by atoms with Crippen molar-refractivity contribution in [3.05, 3.63) is 0 Å². The molecule has 0 bridgehead atoms. The van der Waals surface area contributed by atoms with E-state index in [4.69, 9.17) is 0 Å². The van der Waals surface area contributed by atoms with Gasteiger partial charge < -0.3 is 4.90 Å². The molecule has 1 saturated carbocycles. The molecule has 86 valence electrons. The minimum absolute atomic E-state index is 0.849. The van der Waals surface area contributed by atoms with Crippen LogP contribution in [0.5, 0.6) is 0 Å². The molecule has 0 spiro atoms.